The van der Waals surface area contributed by atoms with Crippen molar-refractivity contribution in [1.29, 1.82) is 0 Å². The van der Waals surface area contributed by atoms with E-state index in [0.717, 1.165) is 38.4 Å². The Morgan fingerprint density at radius 1 is 0.889 bits per heavy atom. The zero-order chi connectivity index (χ0) is 18.6. The van der Waals surface area contributed by atoms with Gasteiger partial charge in [-0.25, -0.2) is 0 Å². The standard InChI is InChI=1S/C22H33N5/c1-3-18-8-4-5-9-20(18)16-27-14-10-19(11-15-27)22-24-23-21(25(22)2)17-26-12-6-7-13-26/h4-5,8-9,19H,3,6-7,10-17H2,1-2H3. The van der Waals surface area contributed by atoms with E-state index >= 15 is 0 Å². The quantitative estimate of drug-likeness (QED) is 0.785. The molecule has 0 amide bonds. The molecule has 2 fully saturated rings. The lowest BCUT2D eigenvalue weighted by Gasteiger charge is -2.32. The van der Waals surface area contributed by atoms with E-state index in [4.69, 9.17) is 0 Å². The molecule has 4 rings (SSSR count). The molecule has 146 valence electrons. The van der Waals surface area contributed by atoms with Gasteiger partial charge in [0, 0.05) is 19.5 Å². The van der Waals surface area contributed by atoms with E-state index in [9.17, 15) is 0 Å². The molecule has 0 N–H and O–H groups in total. The van der Waals surface area contributed by atoms with Gasteiger partial charge in [0.1, 0.15) is 11.6 Å². The summed E-state index contributed by atoms with van der Waals surface area (Å²) in [5.74, 6) is 2.87. The summed E-state index contributed by atoms with van der Waals surface area (Å²) in [6, 6.07) is 8.88. The average molecular weight is 368 g/mol. The highest BCUT2D eigenvalue weighted by Gasteiger charge is 2.26. The maximum atomic E-state index is 4.59. The van der Waals surface area contributed by atoms with Gasteiger partial charge in [0.05, 0.1) is 6.54 Å². The smallest absolute Gasteiger partial charge is 0.146 e. The summed E-state index contributed by atoms with van der Waals surface area (Å²) >= 11 is 0. The van der Waals surface area contributed by atoms with Gasteiger partial charge < -0.3 is 4.57 Å². The predicted octanol–water partition coefficient (Wildman–Crippen LogP) is 3.35. The number of hydrogen-bond donors (Lipinski definition) is 0. The first-order valence-electron chi connectivity index (χ1n) is 10.6. The number of benzene rings is 1. The Morgan fingerprint density at radius 2 is 1.56 bits per heavy atom. The van der Waals surface area contributed by atoms with Crippen LogP contribution in [0.1, 0.15) is 61.3 Å². The number of likely N-dealkylation sites (tertiary alicyclic amines) is 2. The third-order valence-electron chi connectivity index (χ3n) is 6.41. The van der Waals surface area contributed by atoms with Crippen LogP contribution in [-0.4, -0.2) is 50.7 Å². The molecular formula is C22H33N5. The second kappa shape index (κ2) is 8.53. The van der Waals surface area contributed by atoms with Gasteiger partial charge in [-0.3, -0.25) is 9.80 Å². The summed E-state index contributed by atoms with van der Waals surface area (Å²) in [4.78, 5) is 5.11. The lowest BCUT2D eigenvalue weighted by Crippen LogP contribution is -2.33. The van der Waals surface area contributed by atoms with E-state index in [1.54, 1.807) is 0 Å². The van der Waals surface area contributed by atoms with Crippen LogP contribution in [-0.2, 0) is 26.6 Å². The van der Waals surface area contributed by atoms with Gasteiger partial charge >= 0.3 is 0 Å². The maximum Gasteiger partial charge on any atom is 0.146 e. The van der Waals surface area contributed by atoms with Gasteiger partial charge in [-0.1, -0.05) is 31.2 Å². The van der Waals surface area contributed by atoms with Crippen LogP contribution in [0.25, 0.3) is 0 Å². The largest absolute Gasteiger partial charge is 0.317 e. The van der Waals surface area contributed by atoms with Crippen molar-refractivity contribution in [3.8, 4) is 0 Å². The Bertz CT molecular complexity index is 739. The lowest BCUT2D eigenvalue weighted by molar-refractivity contribution is 0.200. The summed E-state index contributed by atoms with van der Waals surface area (Å²) < 4.78 is 2.27. The SMILES string of the molecule is CCc1ccccc1CN1CCC(c2nnc(CN3CCCC3)n2C)CC1. The van der Waals surface area contributed by atoms with E-state index in [-0.39, 0.29) is 0 Å². The second-order valence-electron chi connectivity index (χ2n) is 8.19. The fourth-order valence-electron chi connectivity index (χ4n) is 4.66. The molecule has 0 radical (unpaired) electrons. The van der Waals surface area contributed by atoms with Crippen molar-refractivity contribution in [3.63, 3.8) is 0 Å². The Kier molecular flexibility index (Phi) is 5.89. The van der Waals surface area contributed by atoms with Gasteiger partial charge in [0.25, 0.3) is 0 Å². The molecule has 0 bridgehead atoms. The minimum atomic E-state index is 0.549. The van der Waals surface area contributed by atoms with Crippen LogP contribution in [0.15, 0.2) is 24.3 Å². The first kappa shape index (κ1) is 18.6. The van der Waals surface area contributed by atoms with Crippen molar-refractivity contribution in [3.05, 3.63) is 47.0 Å². The summed E-state index contributed by atoms with van der Waals surface area (Å²) in [6.45, 7) is 9.00. The lowest BCUT2D eigenvalue weighted by atomic mass is 9.95. The van der Waals surface area contributed by atoms with E-state index in [0.29, 0.717) is 5.92 Å². The summed E-state index contributed by atoms with van der Waals surface area (Å²) in [6.07, 6.45) is 6.13. The zero-order valence-electron chi connectivity index (χ0n) is 16.9. The maximum absolute atomic E-state index is 4.59. The fourth-order valence-corrected chi connectivity index (χ4v) is 4.66. The Morgan fingerprint density at radius 3 is 2.26 bits per heavy atom. The first-order valence-corrected chi connectivity index (χ1v) is 10.6. The van der Waals surface area contributed by atoms with Crippen molar-refractivity contribution in [2.75, 3.05) is 26.2 Å². The molecule has 0 unspecified atom stereocenters. The first-order chi connectivity index (χ1) is 13.2. The molecule has 2 aliphatic heterocycles. The van der Waals surface area contributed by atoms with Crippen LogP contribution >= 0.6 is 0 Å². The minimum Gasteiger partial charge on any atom is -0.317 e. The van der Waals surface area contributed by atoms with Crippen LogP contribution < -0.4 is 0 Å². The highest BCUT2D eigenvalue weighted by Crippen LogP contribution is 2.28. The van der Waals surface area contributed by atoms with Gasteiger partial charge in [-0.2, -0.15) is 0 Å². The summed E-state index contributed by atoms with van der Waals surface area (Å²) in [5.41, 5.74) is 2.98. The third kappa shape index (κ3) is 4.25. The Balaban J connectivity index is 1.34. The number of rotatable bonds is 6. The Hall–Kier alpha value is -1.72. The average Bonchev–Trinajstić information content (AvgIpc) is 3.34. The van der Waals surface area contributed by atoms with Crippen LogP contribution in [0, 0.1) is 0 Å². The molecule has 0 aliphatic carbocycles. The van der Waals surface area contributed by atoms with Crippen LogP contribution in [0.5, 0.6) is 0 Å². The van der Waals surface area contributed by atoms with Crippen molar-refractivity contribution < 1.29 is 0 Å². The van der Waals surface area contributed by atoms with E-state index in [2.05, 4.69) is 62.8 Å². The Labute approximate surface area is 163 Å². The topological polar surface area (TPSA) is 37.2 Å². The molecule has 3 heterocycles. The molecule has 1 aromatic heterocycles. The number of hydrogen-bond acceptors (Lipinski definition) is 4. The van der Waals surface area contributed by atoms with Crippen molar-refractivity contribution in [2.45, 2.75) is 58.0 Å². The van der Waals surface area contributed by atoms with Crippen molar-refractivity contribution >= 4 is 0 Å². The van der Waals surface area contributed by atoms with Gasteiger partial charge in [0.2, 0.25) is 0 Å². The van der Waals surface area contributed by atoms with Crippen molar-refractivity contribution in [1.82, 2.24) is 24.6 Å². The van der Waals surface area contributed by atoms with Gasteiger partial charge in [-0.05, 0) is 69.4 Å². The molecule has 2 aromatic rings. The van der Waals surface area contributed by atoms with E-state index < -0.39 is 0 Å². The normalized spacial score (nSPS) is 19.8. The highest BCUT2D eigenvalue weighted by molar-refractivity contribution is 5.27. The van der Waals surface area contributed by atoms with E-state index in [1.807, 2.05) is 0 Å². The number of aryl methyl sites for hydroxylation is 1. The molecule has 5 heteroatoms. The molecule has 0 saturated carbocycles. The molecule has 0 atom stereocenters. The van der Waals surface area contributed by atoms with Crippen LogP contribution in [0.4, 0.5) is 0 Å². The number of nitrogens with zero attached hydrogens (tertiary/aromatic N) is 5. The molecule has 5 nitrogen and oxygen atoms in total. The molecule has 2 aliphatic rings. The number of piperidine rings is 1. The fraction of sp³-hybridized carbons (Fsp3) is 0.636. The van der Waals surface area contributed by atoms with Gasteiger partial charge in [-0.15, -0.1) is 10.2 Å². The predicted molar refractivity (Wildman–Crippen MR) is 109 cm³/mol. The van der Waals surface area contributed by atoms with Crippen LogP contribution in [0.3, 0.4) is 0 Å². The molecule has 2 saturated heterocycles. The molecule has 0 spiro atoms. The van der Waals surface area contributed by atoms with Crippen molar-refractivity contribution in [2.24, 2.45) is 7.05 Å². The highest BCUT2D eigenvalue weighted by atomic mass is 15.3. The summed E-state index contributed by atoms with van der Waals surface area (Å²) in [5, 5.41) is 9.11. The third-order valence-corrected chi connectivity index (χ3v) is 6.41. The monoisotopic (exact) mass is 367 g/mol. The van der Waals surface area contributed by atoms with E-state index in [1.165, 1.54) is 55.7 Å². The van der Waals surface area contributed by atoms with Crippen LogP contribution in [0.2, 0.25) is 0 Å². The second-order valence-corrected chi connectivity index (χ2v) is 8.19. The van der Waals surface area contributed by atoms with Gasteiger partial charge in [0.15, 0.2) is 0 Å². The molecule has 27 heavy (non-hydrogen) atoms. The summed E-state index contributed by atoms with van der Waals surface area (Å²) in [7, 11) is 2.16. The minimum absolute atomic E-state index is 0.549. The zero-order valence-corrected chi connectivity index (χ0v) is 16.9. The molecule has 1 aromatic carbocycles. The number of aromatic nitrogens is 3. The molecular weight excluding hydrogens is 334 g/mol.